The minimum absolute atomic E-state index is 0.0432. The van der Waals surface area contributed by atoms with Gasteiger partial charge < -0.3 is 41.7 Å². The van der Waals surface area contributed by atoms with Crippen LogP contribution >= 0.6 is 11.3 Å². The van der Waals surface area contributed by atoms with Crippen molar-refractivity contribution in [3.63, 3.8) is 0 Å². The number of likely N-dealkylation sites (tertiary alicyclic amines) is 1. The van der Waals surface area contributed by atoms with Gasteiger partial charge in [-0.1, -0.05) is 58.4 Å². The summed E-state index contributed by atoms with van der Waals surface area (Å²) in [6.45, 7) is 13.7. The molecule has 1 unspecified atom stereocenters. The van der Waals surface area contributed by atoms with Gasteiger partial charge in [-0.2, -0.15) is 0 Å². The number of fused-ring (bicyclic) bond motifs is 1. The van der Waals surface area contributed by atoms with Crippen LogP contribution in [0.3, 0.4) is 0 Å². The average molecular weight is 853 g/mol. The molecule has 16 heteroatoms. The number of aryl methyl sites for hydroxylation is 1. The number of aromatic nitrogens is 1. The quantitative estimate of drug-likeness (QED) is 0.0923. The Morgan fingerprint density at radius 1 is 1.02 bits per heavy atom. The second kappa shape index (κ2) is 27.2. The maximum absolute atomic E-state index is 12.5. The highest BCUT2D eigenvalue weighted by molar-refractivity contribution is 7.14. The lowest BCUT2D eigenvalue weighted by Crippen LogP contribution is -2.57. The molecule has 5 amide bonds. The number of hydrogen-bond acceptors (Lipinski definition) is 11. The average Bonchev–Trinajstić information content (AvgIpc) is 3.92. The van der Waals surface area contributed by atoms with Gasteiger partial charge in [0.05, 0.1) is 35.9 Å². The van der Waals surface area contributed by atoms with E-state index in [1.807, 2.05) is 63.1 Å². The molecule has 2 aromatic rings. The first-order valence-corrected chi connectivity index (χ1v) is 22.0. The minimum Gasteiger partial charge on any atom is -0.382 e. The summed E-state index contributed by atoms with van der Waals surface area (Å²) in [5, 5.41) is 19.4. The van der Waals surface area contributed by atoms with Crippen LogP contribution in [0.4, 0.5) is 5.13 Å². The molecule has 1 aromatic heterocycles. The van der Waals surface area contributed by atoms with E-state index in [2.05, 4.69) is 67.0 Å². The highest BCUT2D eigenvalue weighted by Gasteiger charge is 2.37. The molecule has 60 heavy (non-hydrogen) atoms. The van der Waals surface area contributed by atoms with Gasteiger partial charge in [0, 0.05) is 57.9 Å². The Morgan fingerprint density at radius 2 is 1.68 bits per heavy atom. The van der Waals surface area contributed by atoms with Crippen molar-refractivity contribution in [1.29, 1.82) is 0 Å². The smallest absolute Gasteiger partial charge is 0.245 e. The number of anilines is 1. The van der Waals surface area contributed by atoms with Gasteiger partial charge >= 0.3 is 0 Å². The van der Waals surface area contributed by atoms with E-state index in [4.69, 9.17) is 0 Å². The molecule has 1 aliphatic carbocycles. The normalized spacial score (nSPS) is 16.5. The summed E-state index contributed by atoms with van der Waals surface area (Å²) in [5.74, 6) is -0.346. The van der Waals surface area contributed by atoms with E-state index in [1.54, 1.807) is 33.3 Å². The lowest BCUT2D eigenvalue weighted by atomic mass is 9.85. The summed E-state index contributed by atoms with van der Waals surface area (Å²) in [4.78, 5) is 71.5. The van der Waals surface area contributed by atoms with Crippen molar-refractivity contribution in [2.75, 3.05) is 53.1 Å². The number of likely N-dealkylation sites (N-methyl/N-ethyl adjacent to an activating group) is 2. The Bertz CT molecular complexity index is 1700. The van der Waals surface area contributed by atoms with Crippen LogP contribution in [-0.4, -0.2) is 117 Å². The van der Waals surface area contributed by atoms with Crippen LogP contribution in [0.15, 0.2) is 46.5 Å². The molecule has 2 heterocycles. The lowest BCUT2D eigenvalue weighted by Gasteiger charge is -2.34. The number of rotatable bonds is 18. The molecule has 4 rings (SSSR count). The highest BCUT2D eigenvalue weighted by atomic mass is 32.1. The molecular formula is C44H72N10O5S. The van der Waals surface area contributed by atoms with E-state index < -0.39 is 6.04 Å². The van der Waals surface area contributed by atoms with Gasteiger partial charge in [0.1, 0.15) is 6.04 Å². The van der Waals surface area contributed by atoms with Gasteiger partial charge in [-0.05, 0) is 83.0 Å². The largest absolute Gasteiger partial charge is 0.382 e. The number of thiazole rings is 1. The number of nitrogens with zero attached hydrogens (tertiary/aromatic N) is 4. The van der Waals surface area contributed by atoms with Crippen LogP contribution < -0.4 is 31.9 Å². The van der Waals surface area contributed by atoms with Crippen LogP contribution in [-0.2, 0) is 36.8 Å². The first-order chi connectivity index (χ1) is 28.5. The van der Waals surface area contributed by atoms with Crippen LogP contribution in [0.25, 0.3) is 0 Å². The third kappa shape index (κ3) is 18.7. The minimum atomic E-state index is -0.464. The van der Waals surface area contributed by atoms with E-state index >= 15 is 0 Å². The van der Waals surface area contributed by atoms with Crippen molar-refractivity contribution in [2.45, 2.75) is 123 Å². The van der Waals surface area contributed by atoms with Crippen molar-refractivity contribution in [3.05, 3.63) is 58.4 Å². The fourth-order valence-electron chi connectivity index (χ4n) is 6.30. The number of unbranched alkanes of at least 4 members (excludes halogenated alkanes) is 1. The number of nitrogens with one attached hydrogen (secondary N) is 6. The fourth-order valence-corrected chi connectivity index (χ4v) is 7.01. The van der Waals surface area contributed by atoms with Crippen LogP contribution in [0.2, 0.25) is 0 Å². The van der Waals surface area contributed by atoms with Gasteiger partial charge in [-0.15, -0.1) is 11.3 Å². The summed E-state index contributed by atoms with van der Waals surface area (Å²) in [7, 11) is 7.35. The molecule has 2 aliphatic rings. The molecule has 0 bridgehead atoms. The topological polar surface area (TPSA) is 189 Å². The maximum Gasteiger partial charge on any atom is 0.245 e. The molecule has 1 fully saturated rings. The molecule has 4 atom stereocenters. The van der Waals surface area contributed by atoms with Crippen molar-refractivity contribution < 1.29 is 24.0 Å². The third-order valence-corrected chi connectivity index (χ3v) is 10.8. The van der Waals surface area contributed by atoms with Gasteiger partial charge in [0.15, 0.2) is 5.13 Å². The Balaban J connectivity index is 0.000000333. The lowest BCUT2D eigenvalue weighted by molar-refractivity contribution is -0.139. The van der Waals surface area contributed by atoms with Crippen LogP contribution in [0, 0.1) is 5.41 Å². The predicted octanol–water partition coefficient (Wildman–Crippen LogP) is 4.57. The molecule has 0 spiro atoms. The number of aliphatic imine (C=N–C) groups is 1. The fraction of sp³-hybridized carbons (Fsp3) is 0.614. The van der Waals surface area contributed by atoms with Crippen molar-refractivity contribution in [1.82, 2.24) is 41.4 Å². The molecule has 6 N–H and O–H groups in total. The zero-order valence-electron chi connectivity index (χ0n) is 37.7. The Morgan fingerprint density at radius 3 is 2.30 bits per heavy atom. The van der Waals surface area contributed by atoms with Crippen molar-refractivity contribution >= 4 is 52.7 Å². The van der Waals surface area contributed by atoms with Gasteiger partial charge in [0.2, 0.25) is 30.0 Å². The molecule has 1 aliphatic heterocycles. The summed E-state index contributed by atoms with van der Waals surface area (Å²) < 4.78 is 0. The van der Waals surface area contributed by atoms with Crippen molar-refractivity contribution in [3.8, 4) is 0 Å². The predicted molar refractivity (Wildman–Crippen MR) is 243 cm³/mol. The van der Waals surface area contributed by atoms with Gasteiger partial charge in [0.25, 0.3) is 0 Å². The van der Waals surface area contributed by atoms with E-state index in [9.17, 15) is 24.0 Å². The van der Waals surface area contributed by atoms with Crippen molar-refractivity contribution in [2.24, 2.45) is 10.4 Å². The standard InChI is InChI=1S/C19H32N6O2S.C14H27N3O2.C11H13NO/c1-6-7-9-21-15(12-25(4)5)8-10-22-17(26)11-16-13-28-19(23-16)24-18(27)14(2)20-3;1-10(15-5)12(18)16-11(14(2,3)4)13(19)17-8-6-7-9-17;13-8-12-11-7-3-5-9-4-1-2-6-10(9)11/h9,12-14,20H,6-8,10-11H2,1-5H3,(H,22,26)(H,23,24,27);10-11,15H,6-9H2,1-5H3,(H,16,18);1-2,4,6,8,11H,3,5,7H2,(H,12,13)/b15-12-,21-9?;;/t14-;10?,11-;11-/m011/s1. The first-order valence-electron chi connectivity index (χ1n) is 21.2. The SMILES string of the molecule is CCCC=N/C(=C\N(C)C)CCNC(=O)Cc1csc(NC(=O)[C@H](C)NC)n1.CNC(C)C(=O)N[C@H](C(=O)N1CCCC1)C(C)(C)C.O=CN[C@@H]1CCCc2ccccc21. The maximum atomic E-state index is 12.5. The summed E-state index contributed by atoms with van der Waals surface area (Å²) in [6.07, 6.45) is 13.0. The monoisotopic (exact) mass is 853 g/mol. The second-order valence-corrected chi connectivity index (χ2v) is 17.2. The van der Waals surface area contributed by atoms with E-state index in [0.29, 0.717) is 23.8 Å². The summed E-state index contributed by atoms with van der Waals surface area (Å²) in [6, 6.07) is 7.52. The molecule has 0 radical (unpaired) electrons. The Kier molecular flexibility index (Phi) is 23.4. The number of hydrogen-bond donors (Lipinski definition) is 6. The summed E-state index contributed by atoms with van der Waals surface area (Å²) in [5.41, 5.74) is 3.95. The molecular weight excluding hydrogens is 781 g/mol. The molecule has 0 saturated carbocycles. The number of carbonyl (C=O) groups is 5. The Labute approximate surface area is 362 Å². The van der Waals surface area contributed by atoms with Crippen LogP contribution in [0.1, 0.15) is 109 Å². The number of carbonyl (C=O) groups excluding carboxylic acids is 5. The molecule has 15 nitrogen and oxygen atoms in total. The van der Waals surface area contributed by atoms with Gasteiger partial charge in [-0.25, -0.2) is 4.98 Å². The third-order valence-electron chi connectivity index (χ3n) is 10.0. The number of benzene rings is 1. The molecule has 1 saturated heterocycles. The van der Waals surface area contributed by atoms with E-state index in [-0.39, 0.29) is 53.6 Å². The zero-order chi connectivity index (χ0) is 44.7. The first kappa shape index (κ1) is 51.5. The van der Waals surface area contributed by atoms with Gasteiger partial charge in [-0.3, -0.25) is 29.0 Å². The van der Waals surface area contributed by atoms with E-state index in [1.165, 1.54) is 28.9 Å². The molecule has 334 valence electrons. The highest BCUT2D eigenvalue weighted by Crippen LogP contribution is 2.29. The summed E-state index contributed by atoms with van der Waals surface area (Å²) >= 11 is 1.31. The van der Waals surface area contributed by atoms with Crippen LogP contribution in [0.5, 0.6) is 0 Å². The molecule has 1 aromatic carbocycles. The Hall–Kier alpha value is -4.67. The second-order valence-electron chi connectivity index (χ2n) is 16.4. The zero-order valence-corrected chi connectivity index (χ0v) is 38.5. The van der Waals surface area contributed by atoms with E-state index in [0.717, 1.165) is 63.7 Å². The number of amides is 5.